The van der Waals surface area contributed by atoms with E-state index in [0.717, 1.165) is 41.8 Å². The van der Waals surface area contributed by atoms with Crippen LogP contribution in [0.2, 0.25) is 0 Å². The first kappa shape index (κ1) is 23.1. The lowest BCUT2D eigenvalue weighted by Crippen LogP contribution is -2.32. The van der Waals surface area contributed by atoms with Crippen LogP contribution in [0, 0.1) is 19.8 Å². The molecular weight excluding hydrogens is 450 g/mol. The summed E-state index contributed by atoms with van der Waals surface area (Å²) in [6, 6.07) is 5.28. The van der Waals surface area contributed by atoms with E-state index in [0.29, 0.717) is 36.0 Å². The number of carbonyl (C=O) groups excluding carboxylic acids is 2. The third-order valence-corrected chi connectivity index (χ3v) is 6.83. The lowest BCUT2D eigenvalue weighted by molar-refractivity contribution is 0.0534. The number of amides is 1. The number of aliphatic hydroxyl groups excluding tert-OH is 1. The lowest BCUT2D eigenvalue weighted by atomic mass is 9.95. The lowest BCUT2D eigenvalue weighted by Gasteiger charge is -2.22. The fraction of sp³-hybridized carbons (Fsp3) is 0.417. The molecule has 182 valence electrons. The smallest absolute Gasteiger partial charge is 0.338 e. The summed E-state index contributed by atoms with van der Waals surface area (Å²) < 4.78 is 6.62. The van der Waals surface area contributed by atoms with E-state index in [1.807, 2.05) is 19.9 Å². The van der Waals surface area contributed by atoms with E-state index in [4.69, 9.17) is 4.74 Å². The molecule has 5 rings (SSSR count). The van der Waals surface area contributed by atoms with Gasteiger partial charge in [0.25, 0.3) is 5.91 Å². The summed E-state index contributed by atoms with van der Waals surface area (Å²) in [5, 5.41) is 25.0. The number of β-amino-alcohol motifs (C(OH)–C–C–N with tert-alkyl or cyclic N) is 1. The molecule has 0 spiro atoms. The fourth-order valence-corrected chi connectivity index (χ4v) is 4.83. The molecule has 1 amide bonds. The van der Waals surface area contributed by atoms with Crippen LogP contribution in [-0.2, 0) is 11.3 Å². The molecule has 2 N–H and O–H groups in total. The maximum atomic E-state index is 12.6. The molecule has 0 saturated carbocycles. The summed E-state index contributed by atoms with van der Waals surface area (Å²) in [4.78, 5) is 30.9. The van der Waals surface area contributed by atoms with E-state index in [9.17, 15) is 14.7 Å². The van der Waals surface area contributed by atoms with Gasteiger partial charge in [0.1, 0.15) is 18.6 Å². The van der Waals surface area contributed by atoms with Crippen LogP contribution in [0.1, 0.15) is 55.6 Å². The number of likely N-dealkylation sites (tertiary alicyclic amines) is 1. The molecule has 35 heavy (non-hydrogen) atoms. The van der Waals surface area contributed by atoms with Crippen molar-refractivity contribution in [2.45, 2.75) is 33.0 Å². The summed E-state index contributed by atoms with van der Waals surface area (Å²) in [6.45, 7) is 6.74. The zero-order valence-electron chi connectivity index (χ0n) is 19.6. The van der Waals surface area contributed by atoms with Gasteiger partial charge < -0.3 is 20.1 Å². The van der Waals surface area contributed by atoms with Gasteiger partial charge in [-0.2, -0.15) is 4.68 Å². The maximum Gasteiger partial charge on any atom is 0.338 e. The van der Waals surface area contributed by atoms with Gasteiger partial charge in [0, 0.05) is 25.2 Å². The van der Waals surface area contributed by atoms with Crippen molar-refractivity contribution in [1.82, 2.24) is 35.4 Å². The molecule has 2 aliphatic heterocycles. The Morgan fingerprint density at radius 1 is 1.34 bits per heavy atom. The molecule has 3 aromatic rings. The highest BCUT2D eigenvalue weighted by atomic mass is 16.5. The van der Waals surface area contributed by atoms with Gasteiger partial charge in [-0.05, 0) is 72.0 Å². The van der Waals surface area contributed by atoms with Crippen LogP contribution < -0.4 is 5.32 Å². The summed E-state index contributed by atoms with van der Waals surface area (Å²) in [5.41, 5.74) is 5.10. The predicted octanol–water partition coefficient (Wildman–Crippen LogP) is 1.13. The van der Waals surface area contributed by atoms with Crippen LogP contribution >= 0.6 is 0 Å². The normalized spacial score (nSPS) is 18.4. The van der Waals surface area contributed by atoms with E-state index in [1.165, 1.54) is 11.0 Å². The number of hydrogen-bond donors (Lipinski definition) is 2. The minimum absolute atomic E-state index is 0.222. The number of fused-ring (bicyclic) bond motifs is 1. The van der Waals surface area contributed by atoms with Gasteiger partial charge in [-0.3, -0.25) is 4.79 Å². The molecule has 11 heteroatoms. The number of tetrazole rings is 1. The summed E-state index contributed by atoms with van der Waals surface area (Å²) >= 11 is 0. The van der Waals surface area contributed by atoms with Gasteiger partial charge in [0.15, 0.2) is 0 Å². The van der Waals surface area contributed by atoms with Crippen molar-refractivity contribution in [1.29, 1.82) is 0 Å². The molecule has 1 saturated heterocycles. The van der Waals surface area contributed by atoms with Crippen molar-refractivity contribution in [2.75, 3.05) is 26.2 Å². The highest BCUT2D eigenvalue weighted by Gasteiger charge is 2.28. The number of carbonyl (C=O) groups is 2. The molecule has 0 aliphatic carbocycles. The summed E-state index contributed by atoms with van der Waals surface area (Å²) in [6.07, 6.45) is 3.34. The first-order chi connectivity index (χ1) is 16.9. The quantitative estimate of drug-likeness (QED) is 0.480. The minimum Gasteiger partial charge on any atom is -0.457 e. The van der Waals surface area contributed by atoms with Crippen LogP contribution in [0.3, 0.4) is 0 Å². The number of benzene rings is 1. The van der Waals surface area contributed by atoms with Crippen molar-refractivity contribution in [3.63, 3.8) is 0 Å². The van der Waals surface area contributed by atoms with Crippen molar-refractivity contribution in [3.05, 3.63) is 64.2 Å². The topological polar surface area (TPSA) is 135 Å². The first-order valence-corrected chi connectivity index (χ1v) is 11.6. The molecule has 0 bridgehead atoms. The van der Waals surface area contributed by atoms with Gasteiger partial charge in [0.05, 0.1) is 23.6 Å². The first-order valence-electron chi connectivity index (χ1n) is 11.6. The average Bonchev–Trinajstić information content (AvgIpc) is 3.60. The van der Waals surface area contributed by atoms with E-state index in [-0.39, 0.29) is 18.5 Å². The molecule has 11 nitrogen and oxygen atoms in total. The number of aryl methyl sites for hydroxylation is 1. The standard InChI is InChI=1S/C24H27N7O4/c1-14-7-20(25-9-21(14)31-13-27-28-29-31)23(33)26-8-16-5-6-30(10-16)11-22(32)17-3-4-18-19(15(17)2)12-35-24(18)34/h3-4,7,9,13,16,22,32H,5-6,8,10-12H2,1-2H3,(H,26,33). The summed E-state index contributed by atoms with van der Waals surface area (Å²) in [5.74, 6) is -0.234. The molecule has 4 heterocycles. The summed E-state index contributed by atoms with van der Waals surface area (Å²) in [7, 11) is 0. The number of esters is 1. The van der Waals surface area contributed by atoms with Crippen molar-refractivity contribution in [3.8, 4) is 5.69 Å². The molecule has 2 aromatic heterocycles. The second kappa shape index (κ2) is 9.51. The van der Waals surface area contributed by atoms with Gasteiger partial charge in [0.2, 0.25) is 0 Å². The number of ether oxygens (including phenoxy) is 1. The van der Waals surface area contributed by atoms with Gasteiger partial charge in [-0.1, -0.05) is 6.07 Å². The van der Waals surface area contributed by atoms with E-state index in [2.05, 4.69) is 30.7 Å². The highest BCUT2D eigenvalue weighted by Crippen LogP contribution is 2.30. The largest absolute Gasteiger partial charge is 0.457 e. The van der Waals surface area contributed by atoms with Crippen molar-refractivity contribution in [2.24, 2.45) is 5.92 Å². The number of nitrogens with one attached hydrogen (secondary N) is 1. The monoisotopic (exact) mass is 477 g/mol. The zero-order chi connectivity index (χ0) is 24.5. The Morgan fingerprint density at radius 3 is 2.97 bits per heavy atom. The second-order valence-electron chi connectivity index (χ2n) is 9.13. The maximum absolute atomic E-state index is 12.6. The number of hydrogen-bond acceptors (Lipinski definition) is 9. The Morgan fingerprint density at radius 2 is 2.20 bits per heavy atom. The second-order valence-corrected chi connectivity index (χ2v) is 9.13. The molecule has 1 aromatic carbocycles. The molecule has 2 unspecified atom stereocenters. The van der Waals surface area contributed by atoms with Crippen LogP contribution in [0.25, 0.3) is 5.69 Å². The van der Waals surface area contributed by atoms with Crippen LogP contribution in [-0.4, -0.2) is 73.3 Å². The highest BCUT2D eigenvalue weighted by molar-refractivity contribution is 5.94. The number of cyclic esters (lactones) is 1. The van der Waals surface area contributed by atoms with Crippen molar-refractivity contribution < 1.29 is 19.4 Å². The van der Waals surface area contributed by atoms with Gasteiger partial charge in [-0.15, -0.1) is 5.10 Å². The minimum atomic E-state index is -0.657. The number of pyridine rings is 1. The number of nitrogens with zero attached hydrogens (tertiary/aromatic N) is 6. The predicted molar refractivity (Wildman–Crippen MR) is 124 cm³/mol. The van der Waals surface area contributed by atoms with Gasteiger partial charge in [-0.25, -0.2) is 9.78 Å². The number of aromatic nitrogens is 5. The molecule has 0 radical (unpaired) electrons. The third-order valence-electron chi connectivity index (χ3n) is 6.83. The Bertz CT molecular complexity index is 1260. The molecule has 2 atom stereocenters. The number of aliphatic hydroxyl groups is 1. The van der Waals surface area contributed by atoms with Crippen LogP contribution in [0.5, 0.6) is 0 Å². The molecule has 1 fully saturated rings. The third kappa shape index (κ3) is 4.64. The SMILES string of the molecule is Cc1cc(C(=O)NCC2CCN(CC(O)c3ccc4c(c3C)COC4=O)C2)ncc1-n1cnnn1. The molecular formula is C24H27N7O4. The van der Waals surface area contributed by atoms with Crippen LogP contribution in [0.15, 0.2) is 30.7 Å². The molecule has 2 aliphatic rings. The Balaban J connectivity index is 1.13. The van der Waals surface area contributed by atoms with Crippen molar-refractivity contribution >= 4 is 11.9 Å². The van der Waals surface area contributed by atoms with Gasteiger partial charge >= 0.3 is 5.97 Å². The number of rotatable bonds is 7. The Hall–Kier alpha value is -3.70. The average molecular weight is 478 g/mol. The van der Waals surface area contributed by atoms with E-state index < -0.39 is 6.10 Å². The Labute approximate surface area is 202 Å². The Kier molecular flexibility index (Phi) is 6.27. The fourth-order valence-electron chi connectivity index (χ4n) is 4.83. The van der Waals surface area contributed by atoms with E-state index in [1.54, 1.807) is 18.3 Å². The van der Waals surface area contributed by atoms with E-state index >= 15 is 0 Å². The zero-order valence-corrected chi connectivity index (χ0v) is 19.6. The van der Waals surface area contributed by atoms with Crippen LogP contribution in [0.4, 0.5) is 0 Å².